The van der Waals surface area contributed by atoms with Gasteiger partial charge in [-0.05, 0) is 42.5 Å². The molecule has 2 aromatic carbocycles. The Morgan fingerprint density at radius 2 is 1.82 bits per heavy atom. The molecular formula is C16H15Cl2NO2S. The number of aryl methyl sites for hydroxylation is 1. The van der Waals surface area contributed by atoms with Gasteiger partial charge in [-0.2, -0.15) is 0 Å². The zero-order chi connectivity index (χ0) is 15.7. The van der Waals surface area contributed by atoms with E-state index in [2.05, 4.69) is 4.72 Å². The van der Waals surface area contributed by atoms with E-state index in [4.69, 9.17) is 23.2 Å². The molecule has 1 atom stereocenters. The summed E-state index contributed by atoms with van der Waals surface area (Å²) in [5.74, 6) is 0. The topological polar surface area (TPSA) is 46.2 Å². The average molecular weight is 356 g/mol. The summed E-state index contributed by atoms with van der Waals surface area (Å²) in [6.07, 6.45) is 2.70. The average Bonchev–Trinajstić information content (AvgIpc) is 2.50. The monoisotopic (exact) mass is 355 g/mol. The van der Waals surface area contributed by atoms with Crippen molar-refractivity contribution in [1.82, 2.24) is 4.72 Å². The molecule has 6 heteroatoms. The highest BCUT2D eigenvalue weighted by molar-refractivity contribution is 7.89. The summed E-state index contributed by atoms with van der Waals surface area (Å²) < 4.78 is 28.0. The SMILES string of the molecule is O=S(=O)(N[C@H]1CCCc2ccccc21)c1cccc(Cl)c1Cl. The van der Waals surface area contributed by atoms with Crippen LogP contribution in [0.25, 0.3) is 0 Å². The molecule has 0 saturated heterocycles. The first-order valence-corrected chi connectivity index (χ1v) is 9.27. The van der Waals surface area contributed by atoms with Crippen LogP contribution in [-0.4, -0.2) is 8.42 Å². The molecule has 0 aliphatic heterocycles. The molecular weight excluding hydrogens is 341 g/mol. The Labute approximate surface area is 140 Å². The highest BCUT2D eigenvalue weighted by atomic mass is 35.5. The molecule has 0 amide bonds. The van der Waals surface area contributed by atoms with Gasteiger partial charge < -0.3 is 0 Å². The fourth-order valence-electron chi connectivity index (χ4n) is 2.82. The number of benzene rings is 2. The Kier molecular flexibility index (Phi) is 4.46. The highest BCUT2D eigenvalue weighted by Gasteiger charge is 2.27. The van der Waals surface area contributed by atoms with Crippen molar-refractivity contribution in [3.05, 3.63) is 63.6 Å². The largest absolute Gasteiger partial charge is 0.242 e. The summed E-state index contributed by atoms with van der Waals surface area (Å²) in [5.41, 5.74) is 2.23. The smallest absolute Gasteiger partial charge is 0.207 e. The minimum Gasteiger partial charge on any atom is -0.207 e. The van der Waals surface area contributed by atoms with Gasteiger partial charge in [0.05, 0.1) is 10.0 Å². The molecule has 3 nitrogen and oxygen atoms in total. The van der Waals surface area contributed by atoms with Crippen LogP contribution in [0.3, 0.4) is 0 Å². The highest BCUT2D eigenvalue weighted by Crippen LogP contribution is 2.33. The summed E-state index contributed by atoms with van der Waals surface area (Å²) in [7, 11) is -3.72. The van der Waals surface area contributed by atoms with Crippen LogP contribution in [0, 0.1) is 0 Å². The zero-order valence-corrected chi connectivity index (χ0v) is 14.0. The van der Waals surface area contributed by atoms with Crippen LogP contribution in [-0.2, 0) is 16.4 Å². The van der Waals surface area contributed by atoms with E-state index >= 15 is 0 Å². The molecule has 1 aliphatic carbocycles. The van der Waals surface area contributed by atoms with Crippen LogP contribution >= 0.6 is 23.2 Å². The van der Waals surface area contributed by atoms with Gasteiger partial charge in [-0.1, -0.05) is 53.5 Å². The number of halogens is 2. The molecule has 0 spiro atoms. The number of hydrogen-bond acceptors (Lipinski definition) is 2. The second-order valence-corrected chi connectivity index (χ2v) is 7.78. The second-order valence-electron chi connectivity index (χ2n) is 5.32. The number of rotatable bonds is 3. The summed E-state index contributed by atoms with van der Waals surface area (Å²) in [6, 6.07) is 12.3. The van der Waals surface area contributed by atoms with Crippen molar-refractivity contribution in [2.45, 2.75) is 30.2 Å². The lowest BCUT2D eigenvalue weighted by Gasteiger charge is -2.26. The third-order valence-corrected chi connectivity index (χ3v) is 6.32. The van der Waals surface area contributed by atoms with Crippen molar-refractivity contribution in [2.24, 2.45) is 0 Å². The van der Waals surface area contributed by atoms with Gasteiger partial charge in [0.2, 0.25) is 10.0 Å². The van der Waals surface area contributed by atoms with Gasteiger partial charge in [-0.3, -0.25) is 0 Å². The van der Waals surface area contributed by atoms with Crippen LogP contribution in [0.5, 0.6) is 0 Å². The van der Waals surface area contributed by atoms with Gasteiger partial charge in [-0.15, -0.1) is 0 Å². The molecule has 2 aromatic rings. The quantitative estimate of drug-likeness (QED) is 0.889. The number of hydrogen-bond donors (Lipinski definition) is 1. The molecule has 0 aromatic heterocycles. The number of sulfonamides is 1. The van der Waals surface area contributed by atoms with E-state index in [1.165, 1.54) is 11.6 Å². The molecule has 1 N–H and O–H groups in total. The maximum atomic E-state index is 12.6. The molecule has 22 heavy (non-hydrogen) atoms. The Balaban J connectivity index is 1.95. The van der Waals surface area contributed by atoms with E-state index in [-0.39, 0.29) is 21.0 Å². The van der Waals surface area contributed by atoms with Crippen LogP contribution in [0.2, 0.25) is 10.0 Å². The first-order valence-electron chi connectivity index (χ1n) is 7.03. The Hall–Kier alpha value is -1.07. The molecule has 0 fully saturated rings. The predicted molar refractivity (Wildman–Crippen MR) is 88.9 cm³/mol. The minimum absolute atomic E-state index is 0.0183. The Morgan fingerprint density at radius 3 is 2.64 bits per heavy atom. The van der Waals surface area contributed by atoms with Crippen LogP contribution in [0.1, 0.15) is 30.0 Å². The van der Waals surface area contributed by atoms with Crippen molar-refractivity contribution in [3.8, 4) is 0 Å². The first-order chi connectivity index (χ1) is 10.5. The van der Waals surface area contributed by atoms with Gasteiger partial charge in [0.1, 0.15) is 4.90 Å². The van der Waals surface area contributed by atoms with Gasteiger partial charge in [-0.25, -0.2) is 13.1 Å². The summed E-state index contributed by atoms with van der Waals surface area (Å²) >= 11 is 12.0. The van der Waals surface area contributed by atoms with Gasteiger partial charge in [0.15, 0.2) is 0 Å². The first kappa shape index (κ1) is 15.8. The molecule has 0 saturated carbocycles. The fraction of sp³-hybridized carbons (Fsp3) is 0.250. The van der Waals surface area contributed by atoms with E-state index in [9.17, 15) is 8.42 Å². The fourth-order valence-corrected chi connectivity index (χ4v) is 4.83. The molecule has 0 bridgehead atoms. The summed E-state index contributed by atoms with van der Waals surface area (Å²) in [5, 5.41) is 0.286. The Morgan fingerprint density at radius 1 is 1.05 bits per heavy atom. The second kappa shape index (κ2) is 6.20. The molecule has 116 valence electrons. The molecule has 0 unspecified atom stereocenters. The van der Waals surface area contributed by atoms with Gasteiger partial charge in [0, 0.05) is 6.04 Å². The zero-order valence-electron chi connectivity index (χ0n) is 11.7. The van der Waals surface area contributed by atoms with Crippen molar-refractivity contribution in [1.29, 1.82) is 0 Å². The van der Waals surface area contributed by atoms with Crippen LogP contribution < -0.4 is 4.72 Å². The molecule has 1 aliphatic rings. The number of nitrogens with one attached hydrogen (secondary N) is 1. The molecule has 3 rings (SSSR count). The minimum atomic E-state index is -3.72. The lowest BCUT2D eigenvalue weighted by molar-refractivity contribution is 0.507. The van der Waals surface area contributed by atoms with E-state index in [1.54, 1.807) is 12.1 Å². The van der Waals surface area contributed by atoms with Crippen molar-refractivity contribution >= 4 is 33.2 Å². The number of fused-ring (bicyclic) bond motifs is 1. The van der Waals surface area contributed by atoms with E-state index < -0.39 is 10.0 Å². The predicted octanol–water partition coefficient (Wildman–Crippen LogP) is 4.35. The Bertz CT molecular complexity index is 806. The lowest BCUT2D eigenvalue weighted by atomic mass is 9.88. The lowest BCUT2D eigenvalue weighted by Crippen LogP contribution is -2.31. The summed E-state index contributed by atoms with van der Waals surface area (Å²) in [4.78, 5) is 0.0183. The molecule has 0 radical (unpaired) electrons. The third kappa shape index (κ3) is 3.01. The molecule has 0 heterocycles. The van der Waals surface area contributed by atoms with E-state index in [0.717, 1.165) is 24.8 Å². The third-order valence-electron chi connectivity index (χ3n) is 3.87. The van der Waals surface area contributed by atoms with Crippen molar-refractivity contribution < 1.29 is 8.42 Å². The van der Waals surface area contributed by atoms with E-state index in [1.807, 2.05) is 24.3 Å². The maximum absolute atomic E-state index is 12.6. The van der Waals surface area contributed by atoms with Crippen LogP contribution in [0.15, 0.2) is 47.4 Å². The van der Waals surface area contributed by atoms with E-state index in [0.29, 0.717) is 0 Å². The van der Waals surface area contributed by atoms with Crippen molar-refractivity contribution in [2.75, 3.05) is 0 Å². The maximum Gasteiger partial charge on any atom is 0.242 e. The normalized spacial score (nSPS) is 18.0. The standard InChI is InChI=1S/C16H15Cl2NO2S/c17-13-8-4-10-15(16(13)18)22(20,21)19-14-9-3-6-11-5-1-2-7-12(11)14/h1-2,4-5,7-8,10,14,19H,3,6,9H2/t14-/m0/s1. The van der Waals surface area contributed by atoms with Gasteiger partial charge in [0.25, 0.3) is 0 Å². The van der Waals surface area contributed by atoms with Crippen LogP contribution in [0.4, 0.5) is 0 Å². The van der Waals surface area contributed by atoms with Crippen molar-refractivity contribution in [3.63, 3.8) is 0 Å². The summed E-state index contributed by atoms with van der Waals surface area (Å²) in [6.45, 7) is 0. The van der Waals surface area contributed by atoms with Gasteiger partial charge >= 0.3 is 0 Å².